The smallest absolute Gasteiger partial charge is 0.245 e. The number of hydrogen-bond donors (Lipinski definition) is 0. The number of piperidine rings is 1. The highest BCUT2D eigenvalue weighted by atomic mass is 32.2. The van der Waals surface area contributed by atoms with E-state index in [2.05, 4.69) is 0 Å². The molecule has 0 saturated carbocycles. The number of rotatable bonds is 3. The first-order chi connectivity index (χ1) is 9.65. The summed E-state index contributed by atoms with van der Waals surface area (Å²) in [7, 11) is 1.71. The maximum absolute atomic E-state index is 12.2. The number of nitrogens with zero attached hydrogens (tertiary/aromatic N) is 2. The van der Waals surface area contributed by atoms with Gasteiger partial charge in [0.2, 0.25) is 11.8 Å². The van der Waals surface area contributed by atoms with Crippen molar-refractivity contribution < 1.29 is 14.0 Å². The molecule has 3 heterocycles. The van der Waals surface area contributed by atoms with Gasteiger partial charge in [-0.25, -0.2) is 0 Å². The monoisotopic (exact) mass is 294 g/mol. The van der Waals surface area contributed by atoms with Crippen molar-refractivity contribution >= 4 is 23.6 Å². The number of piperazine rings is 1. The zero-order valence-electron chi connectivity index (χ0n) is 11.4. The number of furan rings is 1. The molecule has 2 saturated heterocycles. The molecule has 2 fully saturated rings. The molecule has 1 aromatic rings. The third-order valence-corrected chi connectivity index (χ3v) is 5.30. The van der Waals surface area contributed by atoms with Crippen LogP contribution in [0.15, 0.2) is 22.8 Å². The molecule has 2 amide bonds. The summed E-state index contributed by atoms with van der Waals surface area (Å²) in [5.74, 6) is 1.93. The average Bonchev–Trinajstić information content (AvgIpc) is 2.96. The second kappa shape index (κ2) is 5.52. The maximum atomic E-state index is 12.2. The van der Waals surface area contributed by atoms with Crippen LogP contribution in [0, 0.1) is 0 Å². The molecule has 3 rings (SSSR count). The summed E-state index contributed by atoms with van der Waals surface area (Å²) in [6.07, 6.45) is 3.38. The van der Waals surface area contributed by atoms with E-state index in [1.165, 1.54) is 0 Å². The van der Waals surface area contributed by atoms with Crippen LogP contribution in [0.5, 0.6) is 0 Å². The molecule has 2 unspecified atom stereocenters. The van der Waals surface area contributed by atoms with Crippen molar-refractivity contribution in [3.8, 4) is 0 Å². The summed E-state index contributed by atoms with van der Waals surface area (Å²) < 4.78 is 5.33. The largest absolute Gasteiger partial charge is 0.468 e. The van der Waals surface area contributed by atoms with Crippen molar-refractivity contribution in [1.29, 1.82) is 0 Å². The summed E-state index contributed by atoms with van der Waals surface area (Å²) in [6, 6.07) is 3.59. The molecule has 1 aromatic heterocycles. The molecule has 2 aliphatic heterocycles. The molecule has 2 aliphatic rings. The average molecular weight is 294 g/mol. The van der Waals surface area contributed by atoms with Crippen molar-refractivity contribution in [1.82, 2.24) is 9.80 Å². The van der Waals surface area contributed by atoms with E-state index in [0.717, 1.165) is 24.4 Å². The predicted molar refractivity (Wildman–Crippen MR) is 76.2 cm³/mol. The first-order valence-corrected chi connectivity index (χ1v) is 7.88. The van der Waals surface area contributed by atoms with E-state index in [1.54, 1.807) is 23.1 Å². The van der Waals surface area contributed by atoms with Crippen molar-refractivity contribution in [3.05, 3.63) is 24.2 Å². The molecule has 108 valence electrons. The Morgan fingerprint density at radius 1 is 1.45 bits per heavy atom. The summed E-state index contributed by atoms with van der Waals surface area (Å²) in [6.45, 7) is 0.915. The van der Waals surface area contributed by atoms with E-state index < -0.39 is 0 Å². The van der Waals surface area contributed by atoms with Gasteiger partial charge in [0.25, 0.3) is 0 Å². The van der Waals surface area contributed by atoms with Crippen LogP contribution in [0.3, 0.4) is 0 Å². The number of carbonyl (C=O) groups is 2. The van der Waals surface area contributed by atoms with Gasteiger partial charge in [-0.15, -0.1) is 0 Å². The van der Waals surface area contributed by atoms with Crippen LogP contribution in [0.2, 0.25) is 0 Å². The third-order valence-electron chi connectivity index (χ3n) is 3.95. The van der Waals surface area contributed by atoms with Gasteiger partial charge in [-0.2, -0.15) is 11.8 Å². The minimum absolute atomic E-state index is 0.0755. The van der Waals surface area contributed by atoms with Crippen LogP contribution in [-0.2, 0) is 15.3 Å². The summed E-state index contributed by atoms with van der Waals surface area (Å²) >= 11 is 1.81. The molecular weight excluding hydrogens is 276 g/mol. The fourth-order valence-corrected chi connectivity index (χ4v) is 3.99. The van der Waals surface area contributed by atoms with Gasteiger partial charge < -0.3 is 14.2 Å². The summed E-state index contributed by atoms with van der Waals surface area (Å²) in [5, 5.41) is 0.407. The minimum atomic E-state index is -0.260. The number of thioether (sulfide) groups is 1. The van der Waals surface area contributed by atoms with Crippen molar-refractivity contribution in [2.75, 3.05) is 20.1 Å². The zero-order chi connectivity index (χ0) is 14.1. The quantitative estimate of drug-likeness (QED) is 0.844. The zero-order valence-corrected chi connectivity index (χ0v) is 12.3. The molecule has 0 N–H and O–H groups in total. The Morgan fingerprint density at radius 3 is 3.05 bits per heavy atom. The van der Waals surface area contributed by atoms with Gasteiger partial charge in [0.15, 0.2) is 0 Å². The Bertz CT molecular complexity index is 503. The van der Waals surface area contributed by atoms with Crippen molar-refractivity contribution in [2.45, 2.75) is 29.9 Å². The molecular formula is C14H18N2O3S. The lowest BCUT2D eigenvalue weighted by Gasteiger charge is -2.43. The van der Waals surface area contributed by atoms with Gasteiger partial charge in [-0.05, 0) is 25.0 Å². The van der Waals surface area contributed by atoms with E-state index in [4.69, 9.17) is 4.42 Å². The molecule has 0 bridgehead atoms. The Kier molecular flexibility index (Phi) is 3.74. The number of amides is 2. The van der Waals surface area contributed by atoms with Gasteiger partial charge in [-0.1, -0.05) is 0 Å². The van der Waals surface area contributed by atoms with Crippen molar-refractivity contribution in [2.24, 2.45) is 0 Å². The minimum Gasteiger partial charge on any atom is -0.468 e. The second-order valence-corrected chi connectivity index (χ2v) is 6.62. The van der Waals surface area contributed by atoms with Crippen LogP contribution in [0.25, 0.3) is 0 Å². The van der Waals surface area contributed by atoms with E-state index in [1.807, 2.05) is 23.9 Å². The molecule has 5 nitrogen and oxygen atoms in total. The first-order valence-electron chi connectivity index (χ1n) is 6.83. The highest BCUT2D eigenvalue weighted by molar-refractivity contribution is 7.99. The van der Waals surface area contributed by atoms with Gasteiger partial charge in [-0.3, -0.25) is 9.59 Å². The van der Waals surface area contributed by atoms with Crippen molar-refractivity contribution in [3.63, 3.8) is 0 Å². The summed E-state index contributed by atoms with van der Waals surface area (Å²) in [5.41, 5.74) is 0. The lowest BCUT2D eigenvalue weighted by molar-refractivity contribution is -0.156. The Balaban J connectivity index is 1.61. The van der Waals surface area contributed by atoms with Crippen LogP contribution >= 0.6 is 11.8 Å². The molecule has 6 heteroatoms. The maximum Gasteiger partial charge on any atom is 0.245 e. The number of hydrogen-bond acceptors (Lipinski definition) is 4. The standard InChI is InChI=1S/C14H18N2O3S/c1-15-8-13(17)16-5-4-11(7-12(16)14(15)18)20-9-10-3-2-6-19-10/h2-3,6,11-12H,4-5,7-9H2,1H3. The van der Waals surface area contributed by atoms with Crippen LogP contribution < -0.4 is 0 Å². The highest BCUT2D eigenvalue weighted by Gasteiger charge is 2.41. The van der Waals surface area contributed by atoms with E-state index in [-0.39, 0.29) is 24.4 Å². The van der Waals surface area contributed by atoms with E-state index in [0.29, 0.717) is 11.8 Å². The molecule has 0 aliphatic carbocycles. The molecule has 0 spiro atoms. The Morgan fingerprint density at radius 2 is 2.30 bits per heavy atom. The van der Waals surface area contributed by atoms with Crippen LogP contribution in [0.4, 0.5) is 0 Å². The van der Waals surface area contributed by atoms with E-state index in [9.17, 15) is 9.59 Å². The Hall–Kier alpha value is -1.43. The third kappa shape index (κ3) is 2.57. The topological polar surface area (TPSA) is 53.8 Å². The highest BCUT2D eigenvalue weighted by Crippen LogP contribution is 2.31. The van der Waals surface area contributed by atoms with E-state index >= 15 is 0 Å². The first kappa shape index (κ1) is 13.5. The Labute approximate surface area is 122 Å². The van der Waals surface area contributed by atoms with Gasteiger partial charge >= 0.3 is 0 Å². The van der Waals surface area contributed by atoms with Crippen LogP contribution in [0.1, 0.15) is 18.6 Å². The predicted octanol–water partition coefficient (Wildman–Crippen LogP) is 1.34. The molecule has 20 heavy (non-hydrogen) atoms. The van der Waals surface area contributed by atoms with Gasteiger partial charge in [0.05, 0.1) is 18.6 Å². The van der Waals surface area contributed by atoms with Gasteiger partial charge in [0, 0.05) is 18.8 Å². The number of likely N-dealkylation sites (N-methyl/N-ethyl adjacent to an activating group) is 1. The number of carbonyl (C=O) groups excluding carboxylic acids is 2. The fraction of sp³-hybridized carbons (Fsp3) is 0.571. The van der Waals surface area contributed by atoms with Crippen LogP contribution in [-0.4, -0.2) is 53.0 Å². The summed E-state index contributed by atoms with van der Waals surface area (Å²) in [4.78, 5) is 27.4. The molecule has 0 radical (unpaired) electrons. The normalized spacial score (nSPS) is 26.9. The second-order valence-electron chi connectivity index (χ2n) is 5.33. The lowest BCUT2D eigenvalue weighted by atomic mass is 9.98. The number of fused-ring (bicyclic) bond motifs is 1. The lowest BCUT2D eigenvalue weighted by Crippen LogP contribution is -2.61. The molecule has 2 atom stereocenters. The molecule has 0 aromatic carbocycles. The SMILES string of the molecule is CN1CC(=O)N2CCC(SCc3ccco3)CC2C1=O. The van der Waals surface area contributed by atoms with Gasteiger partial charge in [0.1, 0.15) is 11.8 Å². The fourth-order valence-electron chi connectivity index (χ4n) is 2.84.